The fraction of sp³-hybridized carbons (Fsp3) is 0.500. The third kappa shape index (κ3) is 4.12. The Morgan fingerprint density at radius 3 is 2.58 bits per heavy atom. The first-order valence-electron chi connectivity index (χ1n) is 11.1. The molecule has 3 nitrogen and oxygen atoms in total. The van der Waals surface area contributed by atoms with Gasteiger partial charge in [-0.15, -0.1) is 11.3 Å². The van der Waals surface area contributed by atoms with E-state index in [0.717, 1.165) is 41.1 Å². The molecular formula is C26H34N2OS2. The monoisotopic (exact) mass is 454 g/mol. The Hall–Kier alpha value is -1.56. The molecule has 2 aliphatic rings. The number of anilines is 1. The molecule has 0 bridgehead atoms. The second-order valence-electron chi connectivity index (χ2n) is 10.7. The fourth-order valence-corrected chi connectivity index (χ4v) is 6.51. The molecule has 1 fully saturated rings. The van der Waals surface area contributed by atoms with Gasteiger partial charge in [0.2, 0.25) is 0 Å². The molecule has 31 heavy (non-hydrogen) atoms. The zero-order chi connectivity index (χ0) is 22.7. The van der Waals surface area contributed by atoms with Crippen molar-refractivity contribution in [2.24, 2.45) is 10.8 Å². The Morgan fingerprint density at radius 2 is 2.00 bits per heavy atom. The molecule has 0 spiro atoms. The van der Waals surface area contributed by atoms with E-state index in [4.69, 9.17) is 0 Å². The predicted molar refractivity (Wildman–Crippen MR) is 136 cm³/mol. The maximum Gasteiger partial charge on any atom is 0.161 e. The van der Waals surface area contributed by atoms with Crippen LogP contribution in [0.25, 0.3) is 10.4 Å². The van der Waals surface area contributed by atoms with E-state index in [1.165, 1.54) is 28.1 Å². The average Bonchev–Trinajstić information content (AvgIpc) is 3.02. The number of thiophene rings is 1. The second kappa shape index (κ2) is 7.79. The lowest BCUT2D eigenvalue weighted by molar-refractivity contribution is 0.101. The van der Waals surface area contributed by atoms with Crippen molar-refractivity contribution >= 4 is 35.6 Å². The SMILES string of the molecule is C=C1N(c2ccc(-c3sc4c(c3C(C)=O)CC(C)(C)CC4)c(CN(C)S)c2)CC1(C)C. The van der Waals surface area contributed by atoms with Gasteiger partial charge in [0, 0.05) is 45.2 Å². The van der Waals surface area contributed by atoms with Gasteiger partial charge in [-0.05, 0) is 67.5 Å². The van der Waals surface area contributed by atoms with E-state index in [2.05, 4.69) is 70.2 Å². The summed E-state index contributed by atoms with van der Waals surface area (Å²) < 4.78 is 1.90. The molecule has 166 valence electrons. The molecule has 2 aromatic rings. The molecule has 5 heteroatoms. The highest BCUT2D eigenvalue weighted by Gasteiger charge is 2.39. The molecule has 0 N–H and O–H groups in total. The minimum Gasteiger partial charge on any atom is -0.344 e. The van der Waals surface area contributed by atoms with Crippen LogP contribution in [0.15, 0.2) is 30.5 Å². The Labute approximate surface area is 196 Å². The average molecular weight is 455 g/mol. The Morgan fingerprint density at radius 1 is 1.29 bits per heavy atom. The van der Waals surface area contributed by atoms with Crippen molar-refractivity contribution in [1.29, 1.82) is 0 Å². The predicted octanol–water partition coefficient (Wildman–Crippen LogP) is 6.77. The first-order chi connectivity index (χ1) is 14.4. The van der Waals surface area contributed by atoms with Crippen LogP contribution in [-0.2, 0) is 19.4 Å². The van der Waals surface area contributed by atoms with Gasteiger partial charge in [0.05, 0.1) is 0 Å². The smallest absolute Gasteiger partial charge is 0.161 e. The summed E-state index contributed by atoms with van der Waals surface area (Å²) in [5.74, 6) is 0.178. The highest BCUT2D eigenvalue weighted by atomic mass is 32.1. The van der Waals surface area contributed by atoms with Crippen molar-refractivity contribution in [3.8, 4) is 10.4 Å². The van der Waals surface area contributed by atoms with Crippen LogP contribution in [0.1, 0.15) is 67.4 Å². The van der Waals surface area contributed by atoms with Gasteiger partial charge in [-0.1, -0.05) is 53.2 Å². The maximum absolute atomic E-state index is 12.8. The van der Waals surface area contributed by atoms with Gasteiger partial charge in [0.15, 0.2) is 5.78 Å². The minimum absolute atomic E-state index is 0.153. The molecule has 0 saturated carbocycles. The summed E-state index contributed by atoms with van der Waals surface area (Å²) in [5.41, 5.74) is 7.33. The lowest BCUT2D eigenvalue weighted by Crippen LogP contribution is -2.50. The van der Waals surface area contributed by atoms with E-state index in [-0.39, 0.29) is 16.6 Å². The fourth-order valence-electron chi connectivity index (χ4n) is 4.93. The van der Waals surface area contributed by atoms with Crippen molar-refractivity contribution in [3.05, 3.63) is 52.0 Å². The zero-order valence-electron chi connectivity index (χ0n) is 19.6. The van der Waals surface area contributed by atoms with Gasteiger partial charge in [-0.25, -0.2) is 0 Å². The number of Topliss-reactive ketones (excluding diaryl/α,β-unsaturated/α-hetero) is 1. The highest BCUT2D eigenvalue weighted by molar-refractivity contribution is 7.77. The van der Waals surface area contributed by atoms with Gasteiger partial charge < -0.3 is 4.90 Å². The molecule has 1 aliphatic heterocycles. The van der Waals surface area contributed by atoms with Crippen LogP contribution in [0, 0.1) is 10.8 Å². The minimum atomic E-state index is 0.153. The van der Waals surface area contributed by atoms with E-state index in [0.29, 0.717) is 6.54 Å². The number of hydrogen-bond acceptors (Lipinski definition) is 5. The topological polar surface area (TPSA) is 23.6 Å². The van der Waals surface area contributed by atoms with E-state index < -0.39 is 0 Å². The van der Waals surface area contributed by atoms with Crippen LogP contribution in [0.2, 0.25) is 0 Å². The summed E-state index contributed by atoms with van der Waals surface area (Å²) in [6, 6.07) is 6.65. The lowest BCUT2D eigenvalue weighted by atomic mass is 9.75. The van der Waals surface area contributed by atoms with E-state index >= 15 is 0 Å². The lowest BCUT2D eigenvalue weighted by Gasteiger charge is -2.49. The first-order valence-corrected chi connectivity index (χ1v) is 12.3. The van der Waals surface area contributed by atoms with E-state index in [9.17, 15) is 4.79 Å². The largest absolute Gasteiger partial charge is 0.344 e. The van der Waals surface area contributed by atoms with Crippen LogP contribution in [-0.4, -0.2) is 23.7 Å². The van der Waals surface area contributed by atoms with Crippen molar-refractivity contribution < 1.29 is 4.79 Å². The molecule has 4 rings (SSSR count). The number of ketones is 1. The van der Waals surface area contributed by atoms with Gasteiger partial charge >= 0.3 is 0 Å². The molecule has 1 aromatic heterocycles. The third-order valence-electron chi connectivity index (χ3n) is 6.83. The normalized spacial score (nSPS) is 19.4. The molecule has 1 aromatic carbocycles. The van der Waals surface area contributed by atoms with Crippen LogP contribution >= 0.6 is 24.2 Å². The maximum atomic E-state index is 12.8. The molecular weight excluding hydrogens is 420 g/mol. The number of benzene rings is 1. The number of aryl methyl sites for hydroxylation is 1. The third-order valence-corrected chi connectivity index (χ3v) is 8.30. The summed E-state index contributed by atoms with van der Waals surface area (Å²) in [7, 11) is 1.97. The van der Waals surface area contributed by atoms with Crippen LogP contribution in [0.5, 0.6) is 0 Å². The number of rotatable bonds is 5. The Balaban J connectivity index is 1.82. The van der Waals surface area contributed by atoms with Crippen molar-refractivity contribution in [2.75, 3.05) is 18.5 Å². The first kappa shape index (κ1) is 22.6. The van der Waals surface area contributed by atoms with Gasteiger partial charge in [0.1, 0.15) is 0 Å². The molecule has 0 atom stereocenters. The van der Waals surface area contributed by atoms with E-state index in [1.54, 1.807) is 6.92 Å². The van der Waals surface area contributed by atoms with Crippen molar-refractivity contribution in [2.45, 2.75) is 60.4 Å². The number of carbonyl (C=O) groups excluding carboxylic acids is 1. The number of carbonyl (C=O) groups is 1. The summed E-state index contributed by atoms with van der Waals surface area (Å²) in [4.78, 5) is 17.6. The van der Waals surface area contributed by atoms with E-state index in [1.807, 2.05) is 22.7 Å². The highest BCUT2D eigenvalue weighted by Crippen LogP contribution is 2.48. The number of fused-ring (bicyclic) bond motifs is 1. The van der Waals surface area contributed by atoms with Crippen molar-refractivity contribution in [3.63, 3.8) is 0 Å². The number of hydrogen-bond donors (Lipinski definition) is 1. The summed E-state index contributed by atoms with van der Waals surface area (Å²) in [5, 5.41) is 0. The van der Waals surface area contributed by atoms with Gasteiger partial charge in [0.25, 0.3) is 0 Å². The van der Waals surface area contributed by atoms with Crippen LogP contribution < -0.4 is 4.90 Å². The molecule has 0 unspecified atom stereocenters. The number of nitrogens with zero attached hydrogens (tertiary/aromatic N) is 2. The molecule has 1 saturated heterocycles. The summed E-state index contributed by atoms with van der Waals surface area (Å²) in [6.07, 6.45) is 3.22. The Kier molecular flexibility index (Phi) is 5.68. The van der Waals surface area contributed by atoms with Gasteiger partial charge in [-0.2, -0.15) is 0 Å². The molecule has 0 amide bonds. The van der Waals surface area contributed by atoms with Crippen LogP contribution in [0.4, 0.5) is 5.69 Å². The Bertz CT molecular complexity index is 1060. The molecule has 0 radical (unpaired) electrons. The van der Waals surface area contributed by atoms with Crippen LogP contribution in [0.3, 0.4) is 0 Å². The standard InChI is InChI=1S/C26H34N2OS2/c1-16(29)23-21-13-25(3,4)11-10-22(21)31-24(23)20-9-8-19(12-18(20)14-27(7)30)28-15-26(5,6)17(28)2/h8-9,12,30H,2,10-11,13-15H2,1,3-7H3. The quantitative estimate of drug-likeness (QED) is 0.398. The second-order valence-corrected chi connectivity index (χ2v) is 12.5. The van der Waals surface area contributed by atoms with Crippen molar-refractivity contribution in [1.82, 2.24) is 4.31 Å². The summed E-state index contributed by atoms with van der Waals surface area (Å²) in [6.45, 7) is 16.8. The molecule has 1 aliphatic carbocycles. The number of thiol groups is 1. The summed E-state index contributed by atoms with van der Waals surface area (Å²) >= 11 is 6.36. The molecule has 2 heterocycles. The zero-order valence-corrected chi connectivity index (χ0v) is 21.3. The van der Waals surface area contributed by atoms with Gasteiger partial charge in [-0.3, -0.25) is 9.10 Å².